The normalized spacial score (nSPS) is 14.6. The molecule has 0 amide bonds. The Morgan fingerprint density at radius 3 is 1.80 bits per heavy atom. The molecule has 0 aromatic heterocycles. The lowest BCUT2D eigenvalue weighted by Gasteiger charge is -2.17. The Bertz CT molecular complexity index is 337. The van der Waals surface area contributed by atoms with Crippen LogP contribution in [0.3, 0.4) is 0 Å². The van der Waals surface area contributed by atoms with Crippen LogP contribution in [0.25, 0.3) is 0 Å². The molecule has 0 spiro atoms. The fraction of sp³-hybridized carbons (Fsp3) is 1.00. The van der Waals surface area contributed by atoms with Crippen LogP contribution in [0.1, 0.15) is 118 Å². The number of unbranched alkanes of at least 4 members (excludes halogenated alkanes) is 11. The lowest BCUT2D eigenvalue weighted by molar-refractivity contribution is 0.251. The molecule has 0 aromatic carbocycles. The van der Waals surface area contributed by atoms with Gasteiger partial charge in [-0.25, -0.2) is 0 Å². The largest absolute Gasteiger partial charge is 0.328 e. The van der Waals surface area contributed by atoms with Crippen molar-refractivity contribution in [2.45, 2.75) is 118 Å². The zero-order valence-corrected chi connectivity index (χ0v) is 18.4. The van der Waals surface area contributed by atoms with Gasteiger partial charge in [0.25, 0.3) is 0 Å². The van der Waals surface area contributed by atoms with Crippen LogP contribution >= 0.6 is 7.60 Å². The number of rotatable bonds is 17. The van der Waals surface area contributed by atoms with E-state index < -0.39 is 7.60 Å². The van der Waals surface area contributed by atoms with Crippen molar-refractivity contribution in [2.24, 2.45) is 5.41 Å². The van der Waals surface area contributed by atoms with Gasteiger partial charge in [0.05, 0.1) is 6.61 Å². The topological polar surface area (TPSA) is 46.5 Å². The molecule has 152 valence electrons. The first-order valence-corrected chi connectivity index (χ1v) is 12.5. The highest BCUT2D eigenvalue weighted by atomic mass is 31.2. The highest BCUT2D eigenvalue weighted by Gasteiger charge is 2.17. The van der Waals surface area contributed by atoms with Crippen molar-refractivity contribution in [1.82, 2.24) is 0 Å². The Hall–Kier alpha value is 0.150. The van der Waals surface area contributed by atoms with E-state index in [0.29, 0.717) is 18.2 Å². The smallest absolute Gasteiger partial charge is 0.324 e. The standard InChI is InChI=1S/C21H45O3P/c1-5-6-7-8-14-17-20-25(22,23)24-19-16-13-11-9-10-12-15-18-21(2,3)4/h5-20H2,1-4H3,(H,22,23). The molecule has 0 fully saturated rings. The third kappa shape index (κ3) is 20.3. The Morgan fingerprint density at radius 2 is 1.24 bits per heavy atom. The minimum atomic E-state index is -3.33. The monoisotopic (exact) mass is 376 g/mol. The molecule has 0 aliphatic carbocycles. The van der Waals surface area contributed by atoms with Gasteiger partial charge >= 0.3 is 7.60 Å². The van der Waals surface area contributed by atoms with E-state index in [-0.39, 0.29) is 0 Å². The van der Waals surface area contributed by atoms with E-state index in [0.717, 1.165) is 25.7 Å². The van der Waals surface area contributed by atoms with E-state index in [4.69, 9.17) is 4.52 Å². The summed E-state index contributed by atoms with van der Waals surface area (Å²) in [6.07, 6.45) is 16.9. The molecular weight excluding hydrogens is 331 g/mol. The van der Waals surface area contributed by atoms with Crippen LogP contribution in [0.15, 0.2) is 0 Å². The SMILES string of the molecule is CCCCCCCCP(=O)(O)OCCCCCCCCCC(C)(C)C. The quantitative estimate of drug-likeness (QED) is 0.209. The van der Waals surface area contributed by atoms with E-state index in [9.17, 15) is 9.46 Å². The summed E-state index contributed by atoms with van der Waals surface area (Å²) >= 11 is 0. The van der Waals surface area contributed by atoms with Gasteiger partial charge in [-0.3, -0.25) is 4.57 Å². The second-order valence-electron chi connectivity index (χ2n) is 8.75. The van der Waals surface area contributed by atoms with E-state index in [1.54, 1.807) is 0 Å². The maximum Gasteiger partial charge on any atom is 0.328 e. The predicted molar refractivity (Wildman–Crippen MR) is 110 cm³/mol. The summed E-state index contributed by atoms with van der Waals surface area (Å²) in [6, 6.07) is 0. The lowest BCUT2D eigenvalue weighted by atomic mass is 9.89. The maximum atomic E-state index is 11.9. The Balaban J connectivity index is 3.38. The molecule has 1 N–H and O–H groups in total. The number of hydrogen-bond donors (Lipinski definition) is 1. The summed E-state index contributed by atoms with van der Waals surface area (Å²) in [4.78, 5) is 9.82. The average Bonchev–Trinajstić information content (AvgIpc) is 2.51. The van der Waals surface area contributed by atoms with Crippen molar-refractivity contribution >= 4 is 7.60 Å². The van der Waals surface area contributed by atoms with Gasteiger partial charge in [-0.1, -0.05) is 98.3 Å². The van der Waals surface area contributed by atoms with E-state index in [1.165, 1.54) is 64.2 Å². The minimum absolute atomic E-state index is 0.326. The molecule has 0 rings (SSSR count). The summed E-state index contributed by atoms with van der Waals surface area (Å²) in [5.41, 5.74) is 0.463. The van der Waals surface area contributed by atoms with Gasteiger partial charge in [0, 0.05) is 6.16 Å². The molecule has 0 bridgehead atoms. The first-order chi connectivity index (χ1) is 11.8. The number of hydrogen-bond acceptors (Lipinski definition) is 2. The summed E-state index contributed by atoms with van der Waals surface area (Å²) < 4.78 is 17.2. The Labute approximate surface area is 157 Å². The van der Waals surface area contributed by atoms with Crippen molar-refractivity contribution in [3.63, 3.8) is 0 Å². The van der Waals surface area contributed by atoms with Crippen LogP contribution in [0.5, 0.6) is 0 Å². The van der Waals surface area contributed by atoms with Crippen LogP contribution in [0.4, 0.5) is 0 Å². The third-order valence-electron chi connectivity index (χ3n) is 4.66. The molecule has 1 unspecified atom stereocenters. The first-order valence-electron chi connectivity index (χ1n) is 10.7. The summed E-state index contributed by atoms with van der Waals surface area (Å²) in [5.74, 6) is 0. The van der Waals surface area contributed by atoms with Crippen LogP contribution in [-0.4, -0.2) is 17.7 Å². The van der Waals surface area contributed by atoms with Crippen LogP contribution in [0, 0.1) is 5.41 Å². The van der Waals surface area contributed by atoms with Gasteiger partial charge in [0.1, 0.15) is 0 Å². The lowest BCUT2D eigenvalue weighted by Crippen LogP contribution is -2.03. The second-order valence-corrected chi connectivity index (χ2v) is 10.7. The van der Waals surface area contributed by atoms with E-state index >= 15 is 0 Å². The highest BCUT2D eigenvalue weighted by molar-refractivity contribution is 7.52. The maximum absolute atomic E-state index is 11.9. The average molecular weight is 377 g/mol. The fourth-order valence-corrected chi connectivity index (χ4v) is 4.17. The van der Waals surface area contributed by atoms with Crippen molar-refractivity contribution in [3.8, 4) is 0 Å². The molecule has 3 nitrogen and oxygen atoms in total. The van der Waals surface area contributed by atoms with Crippen LogP contribution in [0.2, 0.25) is 0 Å². The fourth-order valence-electron chi connectivity index (χ4n) is 3.00. The molecule has 0 aliphatic rings. The van der Waals surface area contributed by atoms with Crippen LogP contribution < -0.4 is 0 Å². The van der Waals surface area contributed by atoms with Crippen molar-refractivity contribution in [3.05, 3.63) is 0 Å². The highest BCUT2D eigenvalue weighted by Crippen LogP contribution is 2.43. The van der Waals surface area contributed by atoms with Crippen molar-refractivity contribution in [1.29, 1.82) is 0 Å². The molecule has 0 radical (unpaired) electrons. The zero-order chi connectivity index (χ0) is 19.0. The molecule has 0 saturated heterocycles. The molecule has 1 atom stereocenters. The van der Waals surface area contributed by atoms with Gasteiger partial charge in [-0.05, 0) is 24.7 Å². The molecule has 4 heteroatoms. The van der Waals surface area contributed by atoms with Crippen molar-refractivity contribution in [2.75, 3.05) is 12.8 Å². The van der Waals surface area contributed by atoms with Crippen molar-refractivity contribution < 1.29 is 14.0 Å². The molecule has 0 aromatic rings. The summed E-state index contributed by atoms with van der Waals surface area (Å²) in [7, 11) is -3.33. The molecule has 0 heterocycles. The second kappa shape index (κ2) is 15.2. The van der Waals surface area contributed by atoms with E-state index in [2.05, 4.69) is 27.7 Å². The van der Waals surface area contributed by atoms with Gasteiger partial charge < -0.3 is 9.42 Å². The van der Waals surface area contributed by atoms with Crippen LogP contribution in [-0.2, 0) is 9.09 Å². The van der Waals surface area contributed by atoms with Gasteiger partial charge in [0.15, 0.2) is 0 Å². The Morgan fingerprint density at radius 1 is 0.760 bits per heavy atom. The molecular formula is C21H45O3P. The summed E-state index contributed by atoms with van der Waals surface area (Å²) in [5, 5.41) is 0. The summed E-state index contributed by atoms with van der Waals surface area (Å²) in [6.45, 7) is 9.55. The molecule has 0 aliphatic heterocycles. The van der Waals surface area contributed by atoms with E-state index in [1.807, 2.05) is 0 Å². The first kappa shape index (κ1) is 25.1. The van der Waals surface area contributed by atoms with Gasteiger partial charge in [0.2, 0.25) is 0 Å². The van der Waals surface area contributed by atoms with Gasteiger partial charge in [-0.2, -0.15) is 0 Å². The molecule has 25 heavy (non-hydrogen) atoms. The zero-order valence-electron chi connectivity index (χ0n) is 17.5. The third-order valence-corrected chi connectivity index (χ3v) is 6.13. The minimum Gasteiger partial charge on any atom is -0.324 e. The Kier molecular flexibility index (Phi) is 15.3. The van der Waals surface area contributed by atoms with Gasteiger partial charge in [-0.15, -0.1) is 0 Å². The predicted octanol–water partition coefficient (Wildman–Crippen LogP) is 7.72. The molecule has 0 saturated carbocycles.